The number of nitrogens with zero attached hydrogens (tertiary/aromatic N) is 2. The molecule has 0 spiro atoms. The van der Waals surface area contributed by atoms with Crippen molar-refractivity contribution in [3.05, 3.63) is 10.8 Å². The van der Waals surface area contributed by atoms with E-state index in [4.69, 9.17) is 0 Å². The molecular weight excluding hydrogens is 298 g/mol. The first-order valence-electron chi connectivity index (χ1n) is 5.88. The van der Waals surface area contributed by atoms with Crippen molar-refractivity contribution in [2.24, 2.45) is 0 Å². The predicted octanol–water partition coefficient (Wildman–Crippen LogP) is 1.61. The van der Waals surface area contributed by atoms with Gasteiger partial charge in [0.1, 0.15) is 28.5 Å². The average molecular weight is 316 g/mol. The van der Waals surface area contributed by atoms with Gasteiger partial charge in [-0.25, -0.2) is 9.97 Å². The number of hydrogen-bond acceptors (Lipinski definition) is 5. The summed E-state index contributed by atoms with van der Waals surface area (Å²) < 4.78 is 0.725. The van der Waals surface area contributed by atoms with Gasteiger partial charge in [-0.15, -0.1) is 0 Å². The van der Waals surface area contributed by atoms with Crippen molar-refractivity contribution in [2.75, 3.05) is 23.7 Å². The number of carbonyl (C=O) groups is 1. The average Bonchev–Trinajstić information content (AvgIpc) is 2.34. The Labute approximate surface area is 115 Å². The molecule has 100 valence electrons. The highest BCUT2D eigenvalue weighted by molar-refractivity contribution is 9.10. The van der Waals surface area contributed by atoms with Crippen LogP contribution in [0.5, 0.6) is 0 Å². The van der Waals surface area contributed by atoms with E-state index in [-0.39, 0.29) is 11.9 Å². The number of carbonyl (C=O) groups excluding carboxylic acids is 1. The Kier molecular flexibility index (Phi) is 5.84. The molecule has 1 amide bonds. The van der Waals surface area contributed by atoms with Crippen LogP contribution in [0.2, 0.25) is 0 Å². The number of rotatable bonds is 6. The van der Waals surface area contributed by atoms with E-state index in [0.29, 0.717) is 18.2 Å². The molecule has 0 saturated heterocycles. The smallest absolute Gasteiger partial charge is 0.242 e. The second kappa shape index (κ2) is 7.15. The molecule has 0 radical (unpaired) electrons. The van der Waals surface area contributed by atoms with Crippen molar-refractivity contribution < 1.29 is 4.79 Å². The normalized spacial score (nSPS) is 11.8. The second-order valence-corrected chi connectivity index (χ2v) is 4.47. The van der Waals surface area contributed by atoms with E-state index < -0.39 is 0 Å². The largest absolute Gasteiger partial charge is 0.369 e. The number of amides is 1. The number of hydrogen-bond donors (Lipinski definition) is 3. The van der Waals surface area contributed by atoms with E-state index in [1.54, 1.807) is 6.92 Å². The monoisotopic (exact) mass is 315 g/mol. The Balaban J connectivity index is 2.78. The van der Waals surface area contributed by atoms with Gasteiger partial charge in [0.2, 0.25) is 5.91 Å². The fourth-order valence-electron chi connectivity index (χ4n) is 1.36. The zero-order valence-electron chi connectivity index (χ0n) is 10.7. The lowest BCUT2D eigenvalue weighted by atomic mass is 10.3. The van der Waals surface area contributed by atoms with Crippen LogP contribution < -0.4 is 16.0 Å². The van der Waals surface area contributed by atoms with Crippen LogP contribution in [0.4, 0.5) is 11.6 Å². The molecular formula is C11H18BrN5O. The fraction of sp³-hybridized carbons (Fsp3) is 0.545. The molecule has 0 aliphatic heterocycles. The Morgan fingerprint density at radius 1 is 1.33 bits per heavy atom. The molecule has 0 aliphatic rings. The summed E-state index contributed by atoms with van der Waals surface area (Å²) in [6.45, 7) is 7.03. The van der Waals surface area contributed by atoms with Gasteiger partial charge >= 0.3 is 0 Å². The summed E-state index contributed by atoms with van der Waals surface area (Å²) in [5.74, 6) is 1.24. The number of halogens is 1. The van der Waals surface area contributed by atoms with E-state index >= 15 is 0 Å². The second-order valence-electron chi connectivity index (χ2n) is 3.68. The molecule has 7 heteroatoms. The molecule has 1 aromatic heterocycles. The van der Waals surface area contributed by atoms with Crippen molar-refractivity contribution in [2.45, 2.75) is 26.8 Å². The van der Waals surface area contributed by atoms with Crippen LogP contribution in [0.3, 0.4) is 0 Å². The van der Waals surface area contributed by atoms with Gasteiger partial charge in [0.15, 0.2) is 0 Å². The highest BCUT2D eigenvalue weighted by Gasteiger charge is 2.15. The molecule has 1 rings (SSSR count). The summed E-state index contributed by atoms with van der Waals surface area (Å²) in [5, 5.41) is 8.90. The van der Waals surface area contributed by atoms with Crippen LogP contribution in [0.15, 0.2) is 10.8 Å². The maximum absolute atomic E-state index is 11.6. The number of nitrogens with one attached hydrogen (secondary N) is 3. The highest BCUT2D eigenvalue weighted by Crippen LogP contribution is 2.26. The van der Waals surface area contributed by atoms with E-state index in [1.165, 1.54) is 6.33 Å². The Morgan fingerprint density at radius 2 is 2.00 bits per heavy atom. The molecule has 1 atom stereocenters. The lowest BCUT2D eigenvalue weighted by molar-refractivity contribution is -0.121. The standard InChI is InChI=1S/C11H18BrN5O/c1-4-13-9-8(12)10(16-6-15-9)17-7(3)11(18)14-5-2/h6-7H,4-5H2,1-3H3,(H,14,18)(H2,13,15,16,17). The quantitative estimate of drug-likeness (QED) is 0.743. The minimum absolute atomic E-state index is 0.0620. The van der Waals surface area contributed by atoms with Crippen LogP contribution in [-0.2, 0) is 4.79 Å². The van der Waals surface area contributed by atoms with Crippen molar-refractivity contribution in [3.8, 4) is 0 Å². The van der Waals surface area contributed by atoms with Crippen molar-refractivity contribution in [3.63, 3.8) is 0 Å². The van der Waals surface area contributed by atoms with E-state index in [9.17, 15) is 4.79 Å². The van der Waals surface area contributed by atoms with Crippen LogP contribution in [0.25, 0.3) is 0 Å². The van der Waals surface area contributed by atoms with Crippen LogP contribution in [0.1, 0.15) is 20.8 Å². The molecule has 0 aliphatic carbocycles. The summed E-state index contributed by atoms with van der Waals surface area (Å²) in [6, 6.07) is -0.356. The lowest BCUT2D eigenvalue weighted by Gasteiger charge is -2.16. The molecule has 0 fully saturated rings. The third kappa shape index (κ3) is 3.83. The van der Waals surface area contributed by atoms with Gasteiger partial charge < -0.3 is 16.0 Å². The minimum Gasteiger partial charge on any atom is -0.369 e. The molecule has 0 bridgehead atoms. The Hall–Kier alpha value is -1.37. The topological polar surface area (TPSA) is 78.9 Å². The first-order valence-corrected chi connectivity index (χ1v) is 6.68. The number of anilines is 2. The van der Waals surface area contributed by atoms with Gasteiger partial charge in [0, 0.05) is 13.1 Å². The molecule has 1 aromatic rings. The molecule has 3 N–H and O–H groups in total. The maximum atomic E-state index is 11.6. The van der Waals surface area contributed by atoms with Crippen molar-refractivity contribution in [1.82, 2.24) is 15.3 Å². The summed E-state index contributed by atoms with van der Waals surface area (Å²) in [7, 11) is 0. The SMILES string of the molecule is CCNC(=O)C(C)Nc1ncnc(NCC)c1Br. The van der Waals surface area contributed by atoms with E-state index in [1.807, 2.05) is 13.8 Å². The van der Waals surface area contributed by atoms with E-state index in [0.717, 1.165) is 11.0 Å². The molecule has 18 heavy (non-hydrogen) atoms. The van der Waals surface area contributed by atoms with Gasteiger partial charge in [0.25, 0.3) is 0 Å². The van der Waals surface area contributed by atoms with Crippen LogP contribution in [-0.4, -0.2) is 35.0 Å². The third-order valence-electron chi connectivity index (χ3n) is 2.23. The van der Waals surface area contributed by atoms with Crippen LogP contribution in [0, 0.1) is 0 Å². The fourth-order valence-corrected chi connectivity index (χ4v) is 1.82. The van der Waals surface area contributed by atoms with Gasteiger partial charge in [-0.1, -0.05) is 0 Å². The summed E-state index contributed by atoms with van der Waals surface area (Å²) in [4.78, 5) is 19.8. The molecule has 6 nitrogen and oxygen atoms in total. The molecule has 1 unspecified atom stereocenters. The highest BCUT2D eigenvalue weighted by atomic mass is 79.9. The Morgan fingerprint density at radius 3 is 2.61 bits per heavy atom. The van der Waals surface area contributed by atoms with Crippen molar-refractivity contribution >= 4 is 33.5 Å². The first kappa shape index (κ1) is 14.7. The van der Waals surface area contributed by atoms with Gasteiger partial charge in [-0.3, -0.25) is 4.79 Å². The van der Waals surface area contributed by atoms with E-state index in [2.05, 4.69) is 41.8 Å². The summed E-state index contributed by atoms with van der Waals surface area (Å²) in [6.07, 6.45) is 1.45. The maximum Gasteiger partial charge on any atom is 0.242 e. The zero-order chi connectivity index (χ0) is 13.5. The predicted molar refractivity (Wildman–Crippen MR) is 75.7 cm³/mol. The lowest BCUT2D eigenvalue weighted by Crippen LogP contribution is -2.37. The molecule has 0 aromatic carbocycles. The number of aromatic nitrogens is 2. The van der Waals surface area contributed by atoms with Gasteiger partial charge in [-0.05, 0) is 36.7 Å². The number of likely N-dealkylation sites (N-methyl/N-ethyl adjacent to an activating group) is 1. The first-order chi connectivity index (χ1) is 8.60. The zero-order valence-corrected chi connectivity index (χ0v) is 12.3. The van der Waals surface area contributed by atoms with Gasteiger partial charge in [-0.2, -0.15) is 0 Å². The van der Waals surface area contributed by atoms with Crippen LogP contribution >= 0.6 is 15.9 Å². The van der Waals surface area contributed by atoms with Crippen molar-refractivity contribution in [1.29, 1.82) is 0 Å². The molecule has 0 saturated carbocycles. The summed E-state index contributed by atoms with van der Waals surface area (Å²) >= 11 is 3.42. The third-order valence-corrected chi connectivity index (χ3v) is 2.98. The van der Waals surface area contributed by atoms with Gasteiger partial charge in [0.05, 0.1) is 0 Å². The Bertz CT molecular complexity index is 412. The molecule has 1 heterocycles. The summed E-state index contributed by atoms with van der Waals surface area (Å²) in [5.41, 5.74) is 0. The minimum atomic E-state index is -0.356.